The fraction of sp³-hybridized carbons (Fsp3) is 0.438. The van der Waals surface area contributed by atoms with Crippen molar-refractivity contribution in [3.63, 3.8) is 0 Å². The molecule has 0 aliphatic carbocycles. The van der Waals surface area contributed by atoms with E-state index in [0.717, 1.165) is 42.7 Å². The van der Waals surface area contributed by atoms with Crippen molar-refractivity contribution in [2.45, 2.75) is 31.7 Å². The number of nitrogens with one attached hydrogen (secondary N) is 2. The van der Waals surface area contributed by atoms with Gasteiger partial charge in [0.25, 0.3) is 0 Å². The fourth-order valence-corrected chi connectivity index (χ4v) is 2.65. The Morgan fingerprint density at radius 1 is 1.43 bits per heavy atom. The zero-order valence-corrected chi connectivity index (χ0v) is 12.9. The Labute approximate surface area is 130 Å². The normalized spacial score (nSPS) is 19.8. The number of amides is 1. The summed E-state index contributed by atoms with van der Waals surface area (Å²) in [6.45, 7) is 3.80. The molecule has 1 aliphatic heterocycles. The Hall–Kier alpha value is -1.52. The quantitative estimate of drug-likeness (QED) is 0.917. The van der Waals surface area contributed by atoms with Gasteiger partial charge in [-0.2, -0.15) is 0 Å². The van der Waals surface area contributed by atoms with Gasteiger partial charge in [-0.05, 0) is 38.4 Å². The number of carbonyl (C=O) groups is 1. The summed E-state index contributed by atoms with van der Waals surface area (Å²) >= 11 is 0. The number of halogens is 1. The Morgan fingerprint density at radius 2 is 2.24 bits per heavy atom. The summed E-state index contributed by atoms with van der Waals surface area (Å²) in [4.78, 5) is 12.3. The lowest BCUT2D eigenvalue weighted by Gasteiger charge is -2.24. The highest BCUT2D eigenvalue weighted by atomic mass is 35.5. The molecule has 2 N–H and O–H groups in total. The largest absolute Gasteiger partial charge is 0.460 e. The van der Waals surface area contributed by atoms with Gasteiger partial charge in [-0.25, -0.2) is 0 Å². The molecule has 5 heteroatoms. The number of hydrogen-bond acceptors (Lipinski definition) is 3. The second kappa shape index (κ2) is 6.96. The number of benzene rings is 1. The van der Waals surface area contributed by atoms with E-state index in [2.05, 4.69) is 10.6 Å². The van der Waals surface area contributed by atoms with Gasteiger partial charge in [-0.3, -0.25) is 4.79 Å². The Balaban J connectivity index is 0.00000161. The summed E-state index contributed by atoms with van der Waals surface area (Å²) in [5.74, 6) is 0.509. The van der Waals surface area contributed by atoms with Crippen molar-refractivity contribution in [3.05, 3.63) is 36.1 Å². The molecule has 1 aliphatic rings. The standard InChI is InChI=1S/C16H20N2O2.ClH/c1-11(16(19)18-13-6-4-8-17-10-13)15-9-12-5-2-3-7-14(12)20-15;/h2-3,5,7,9,11,13,17H,4,6,8,10H2,1H3,(H,18,19);1H. The van der Waals surface area contributed by atoms with Crippen molar-refractivity contribution in [2.24, 2.45) is 0 Å². The molecular weight excluding hydrogens is 288 g/mol. The molecule has 0 spiro atoms. The smallest absolute Gasteiger partial charge is 0.230 e. The van der Waals surface area contributed by atoms with Gasteiger partial charge in [0.05, 0.1) is 5.92 Å². The first-order valence-electron chi connectivity index (χ1n) is 7.23. The molecule has 2 heterocycles. The highest BCUT2D eigenvalue weighted by Crippen LogP contribution is 2.25. The van der Waals surface area contributed by atoms with Gasteiger partial charge < -0.3 is 15.1 Å². The van der Waals surface area contributed by atoms with E-state index in [1.54, 1.807) is 0 Å². The lowest BCUT2D eigenvalue weighted by Crippen LogP contribution is -2.46. The summed E-state index contributed by atoms with van der Waals surface area (Å²) in [6, 6.07) is 10.0. The second-order valence-electron chi connectivity index (χ2n) is 5.46. The van der Waals surface area contributed by atoms with Gasteiger partial charge in [-0.1, -0.05) is 18.2 Å². The minimum absolute atomic E-state index is 0. The van der Waals surface area contributed by atoms with Gasteiger partial charge in [-0.15, -0.1) is 12.4 Å². The third-order valence-corrected chi connectivity index (χ3v) is 3.91. The van der Waals surface area contributed by atoms with Crippen LogP contribution in [-0.4, -0.2) is 25.0 Å². The molecule has 3 rings (SSSR count). The highest BCUT2D eigenvalue weighted by molar-refractivity contribution is 5.86. The van der Waals surface area contributed by atoms with Crippen LogP contribution in [0.2, 0.25) is 0 Å². The number of carbonyl (C=O) groups excluding carboxylic acids is 1. The molecule has 4 nitrogen and oxygen atoms in total. The summed E-state index contributed by atoms with van der Waals surface area (Å²) < 4.78 is 5.76. The van der Waals surface area contributed by atoms with Crippen LogP contribution < -0.4 is 10.6 Å². The average molecular weight is 309 g/mol. The van der Waals surface area contributed by atoms with Crippen LogP contribution >= 0.6 is 12.4 Å². The van der Waals surface area contributed by atoms with Crippen molar-refractivity contribution >= 4 is 29.3 Å². The van der Waals surface area contributed by atoms with Gasteiger partial charge in [0.1, 0.15) is 11.3 Å². The predicted octanol–water partition coefficient (Wildman–Crippen LogP) is 2.83. The number of fused-ring (bicyclic) bond motifs is 1. The third kappa shape index (κ3) is 3.57. The topological polar surface area (TPSA) is 54.3 Å². The van der Waals surface area contributed by atoms with Crippen molar-refractivity contribution in [1.29, 1.82) is 0 Å². The van der Waals surface area contributed by atoms with Crippen molar-refractivity contribution in [3.8, 4) is 0 Å². The molecule has 1 aromatic heterocycles. The lowest BCUT2D eigenvalue weighted by molar-refractivity contribution is -0.123. The number of rotatable bonds is 3. The fourth-order valence-electron chi connectivity index (χ4n) is 2.65. The predicted molar refractivity (Wildman–Crippen MR) is 85.9 cm³/mol. The van der Waals surface area contributed by atoms with Crippen LogP contribution in [-0.2, 0) is 4.79 Å². The molecule has 1 fully saturated rings. The van der Waals surface area contributed by atoms with Crippen molar-refractivity contribution in [1.82, 2.24) is 10.6 Å². The van der Waals surface area contributed by atoms with E-state index in [-0.39, 0.29) is 30.3 Å². The lowest BCUT2D eigenvalue weighted by atomic mass is 10.0. The average Bonchev–Trinajstić information content (AvgIpc) is 2.91. The number of para-hydroxylation sites is 1. The van der Waals surface area contributed by atoms with Crippen LogP contribution in [0.5, 0.6) is 0 Å². The minimum Gasteiger partial charge on any atom is -0.460 e. The summed E-state index contributed by atoms with van der Waals surface area (Å²) in [7, 11) is 0. The highest BCUT2D eigenvalue weighted by Gasteiger charge is 2.23. The number of piperidine rings is 1. The Morgan fingerprint density at radius 3 is 2.95 bits per heavy atom. The van der Waals surface area contributed by atoms with Crippen LogP contribution in [0.4, 0.5) is 0 Å². The van der Waals surface area contributed by atoms with Crippen LogP contribution in [0.3, 0.4) is 0 Å². The molecular formula is C16H21ClN2O2. The maximum Gasteiger partial charge on any atom is 0.230 e. The van der Waals surface area contributed by atoms with Gasteiger partial charge in [0.2, 0.25) is 5.91 Å². The first kappa shape index (κ1) is 15.9. The molecule has 1 amide bonds. The van der Waals surface area contributed by atoms with Crippen LogP contribution in [0.1, 0.15) is 31.4 Å². The molecule has 2 aromatic rings. The van der Waals surface area contributed by atoms with Gasteiger partial charge in [0.15, 0.2) is 0 Å². The number of furan rings is 1. The molecule has 1 saturated heterocycles. The summed E-state index contributed by atoms with van der Waals surface area (Å²) in [5, 5.41) is 7.45. The molecule has 0 radical (unpaired) electrons. The van der Waals surface area contributed by atoms with Gasteiger partial charge >= 0.3 is 0 Å². The van der Waals surface area contributed by atoms with E-state index in [1.807, 2.05) is 37.3 Å². The first-order valence-corrected chi connectivity index (χ1v) is 7.23. The molecule has 0 saturated carbocycles. The first-order chi connectivity index (χ1) is 9.74. The maximum absolute atomic E-state index is 12.3. The SMILES string of the molecule is CC(C(=O)NC1CCCNC1)c1cc2ccccc2o1.Cl. The summed E-state index contributed by atoms with van der Waals surface area (Å²) in [5.41, 5.74) is 0.835. The van der Waals surface area contributed by atoms with E-state index < -0.39 is 0 Å². The summed E-state index contributed by atoms with van der Waals surface area (Å²) in [6.07, 6.45) is 2.16. The number of hydrogen-bond donors (Lipinski definition) is 2. The van der Waals surface area contributed by atoms with E-state index in [1.165, 1.54) is 0 Å². The van der Waals surface area contributed by atoms with Gasteiger partial charge in [0, 0.05) is 18.0 Å². The molecule has 2 unspecified atom stereocenters. The van der Waals surface area contributed by atoms with E-state index >= 15 is 0 Å². The third-order valence-electron chi connectivity index (χ3n) is 3.91. The van der Waals surface area contributed by atoms with E-state index in [4.69, 9.17) is 4.42 Å². The van der Waals surface area contributed by atoms with Crippen molar-refractivity contribution in [2.75, 3.05) is 13.1 Å². The van der Waals surface area contributed by atoms with E-state index in [9.17, 15) is 4.79 Å². The molecule has 21 heavy (non-hydrogen) atoms. The molecule has 114 valence electrons. The monoisotopic (exact) mass is 308 g/mol. The van der Waals surface area contributed by atoms with Crippen LogP contribution in [0.25, 0.3) is 11.0 Å². The zero-order chi connectivity index (χ0) is 13.9. The molecule has 1 aromatic carbocycles. The molecule has 0 bridgehead atoms. The maximum atomic E-state index is 12.3. The minimum atomic E-state index is -0.260. The van der Waals surface area contributed by atoms with E-state index in [0.29, 0.717) is 0 Å². The second-order valence-corrected chi connectivity index (χ2v) is 5.46. The Kier molecular flexibility index (Phi) is 5.26. The van der Waals surface area contributed by atoms with Crippen LogP contribution in [0, 0.1) is 0 Å². The molecule has 2 atom stereocenters. The Bertz CT molecular complexity index is 572. The van der Waals surface area contributed by atoms with Crippen LogP contribution in [0.15, 0.2) is 34.7 Å². The van der Waals surface area contributed by atoms with Crippen molar-refractivity contribution < 1.29 is 9.21 Å². The zero-order valence-electron chi connectivity index (χ0n) is 12.1.